The van der Waals surface area contributed by atoms with Gasteiger partial charge in [-0.1, -0.05) is 78.6 Å². The summed E-state index contributed by atoms with van der Waals surface area (Å²) in [5, 5.41) is -0.176. The molecule has 4 rings (SSSR count). The fourth-order valence-electron chi connectivity index (χ4n) is 3.60. The molecule has 3 nitrogen and oxygen atoms in total. The maximum absolute atomic E-state index is 13.0. The quantitative estimate of drug-likeness (QED) is 0.373. The standard InChI is InChI=1S/C26H24FNO2S2/c27-22-12-8-21(9-13-22)18-30-23-14-10-20(11-15-23)17-24-25(29)28(26(31)32-24)16-4-7-19-5-2-1-3-6-19/h1-3,5-6,8-15,24H,4,7,16-18H2/t24-/m0/s1. The number of amides is 1. The molecule has 0 spiro atoms. The molecule has 1 heterocycles. The third-order valence-electron chi connectivity index (χ3n) is 5.36. The Kier molecular flexibility index (Phi) is 7.55. The Balaban J connectivity index is 1.26. The zero-order chi connectivity index (χ0) is 22.3. The molecule has 0 aliphatic carbocycles. The molecule has 1 saturated heterocycles. The van der Waals surface area contributed by atoms with Gasteiger partial charge in [0.2, 0.25) is 5.91 Å². The lowest BCUT2D eigenvalue weighted by atomic mass is 10.1. The van der Waals surface area contributed by atoms with Crippen molar-refractivity contribution in [2.24, 2.45) is 0 Å². The maximum Gasteiger partial charge on any atom is 0.241 e. The second kappa shape index (κ2) is 10.7. The molecule has 1 fully saturated rings. The molecule has 0 saturated carbocycles. The van der Waals surface area contributed by atoms with Crippen molar-refractivity contribution in [3.05, 3.63) is 101 Å². The van der Waals surface area contributed by atoms with E-state index < -0.39 is 0 Å². The lowest BCUT2D eigenvalue weighted by molar-refractivity contribution is -0.126. The molecule has 164 valence electrons. The Morgan fingerprint density at radius 2 is 1.59 bits per heavy atom. The summed E-state index contributed by atoms with van der Waals surface area (Å²) in [6.07, 6.45) is 2.46. The van der Waals surface area contributed by atoms with E-state index in [0.717, 1.165) is 29.7 Å². The first-order valence-electron chi connectivity index (χ1n) is 10.6. The summed E-state index contributed by atoms with van der Waals surface area (Å²) in [4.78, 5) is 14.6. The van der Waals surface area contributed by atoms with Gasteiger partial charge in [-0.05, 0) is 60.2 Å². The van der Waals surface area contributed by atoms with Crippen LogP contribution in [0, 0.1) is 5.82 Å². The molecule has 32 heavy (non-hydrogen) atoms. The van der Waals surface area contributed by atoms with Crippen molar-refractivity contribution < 1.29 is 13.9 Å². The summed E-state index contributed by atoms with van der Waals surface area (Å²) in [6, 6.07) is 24.3. The molecule has 0 N–H and O–H groups in total. The Labute approximate surface area is 197 Å². The number of nitrogens with zero attached hydrogens (tertiary/aromatic N) is 1. The van der Waals surface area contributed by atoms with E-state index in [0.29, 0.717) is 23.9 Å². The van der Waals surface area contributed by atoms with E-state index >= 15 is 0 Å². The number of carbonyl (C=O) groups is 1. The van der Waals surface area contributed by atoms with Gasteiger partial charge in [0, 0.05) is 6.54 Å². The van der Waals surface area contributed by atoms with Gasteiger partial charge in [-0.25, -0.2) is 4.39 Å². The molecule has 3 aromatic carbocycles. The monoisotopic (exact) mass is 465 g/mol. The van der Waals surface area contributed by atoms with Crippen molar-refractivity contribution in [2.75, 3.05) is 6.54 Å². The lowest BCUT2D eigenvalue weighted by Gasteiger charge is -2.15. The highest BCUT2D eigenvalue weighted by Gasteiger charge is 2.36. The number of rotatable bonds is 9. The molecule has 0 unspecified atom stereocenters. The predicted molar refractivity (Wildman–Crippen MR) is 131 cm³/mol. The number of benzene rings is 3. The first kappa shape index (κ1) is 22.5. The van der Waals surface area contributed by atoms with Crippen LogP contribution in [0.5, 0.6) is 5.75 Å². The van der Waals surface area contributed by atoms with Crippen LogP contribution in [0.25, 0.3) is 0 Å². The van der Waals surface area contributed by atoms with E-state index in [1.807, 2.05) is 42.5 Å². The van der Waals surface area contributed by atoms with E-state index in [4.69, 9.17) is 17.0 Å². The zero-order valence-corrected chi connectivity index (χ0v) is 19.2. The zero-order valence-electron chi connectivity index (χ0n) is 17.6. The number of ether oxygens (including phenoxy) is 1. The Morgan fingerprint density at radius 1 is 0.906 bits per heavy atom. The lowest BCUT2D eigenvalue weighted by Crippen LogP contribution is -2.33. The van der Waals surface area contributed by atoms with Crippen molar-refractivity contribution >= 4 is 34.2 Å². The van der Waals surface area contributed by atoms with Crippen LogP contribution in [0.15, 0.2) is 78.9 Å². The van der Waals surface area contributed by atoms with Gasteiger partial charge in [-0.2, -0.15) is 0 Å². The average molecular weight is 466 g/mol. The smallest absolute Gasteiger partial charge is 0.241 e. The number of thiocarbonyl (C=S) groups is 1. The van der Waals surface area contributed by atoms with Gasteiger partial charge in [-0.3, -0.25) is 9.69 Å². The van der Waals surface area contributed by atoms with Crippen LogP contribution in [-0.4, -0.2) is 26.9 Å². The first-order valence-corrected chi connectivity index (χ1v) is 11.9. The predicted octanol–water partition coefficient (Wildman–Crippen LogP) is 5.81. The number of thioether (sulfide) groups is 1. The normalized spacial score (nSPS) is 15.9. The average Bonchev–Trinajstić information content (AvgIpc) is 3.08. The van der Waals surface area contributed by atoms with E-state index in [1.54, 1.807) is 17.0 Å². The number of hydrogen-bond donors (Lipinski definition) is 0. The highest BCUT2D eigenvalue weighted by Crippen LogP contribution is 2.30. The van der Waals surface area contributed by atoms with Crippen molar-refractivity contribution in [3.8, 4) is 5.75 Å². The molecule has 1 amide bonds. The van der Waals surface area contributed by atoms with Gasteiger partial charge in [0.05, 0.1) is 5.25 Å². The number of halogens is 1. The minimum Gasteiger partial charge on any atom is -0.489 e. The minimum atomic E-state index is -0.258. The molecule has 6 heteroatoms. The summed E-state index contributed by atoms with van der Waals surface area (Å²) in [7, 11) is 0. The molecule has 1 atom stereocenters. The fraction of sp³-hybridized carbons (Fsp3) is 0.231. The van der Waals surface area contributed by atoms with Gasteiger partial charge < -0.3 is 4.74 Å². The number of carbonyl (C=O) groups excluding carboxylic acids is 1. The summed E-state index contributed by atoms with van der Waals surface area (Å²) < 4.78 is 19.4. The number of aryl methyl sites for hydroxylation is 1. The third-order valence-corrected chi connectivity index (χ3v) is 6.94. The second-order valence-electron chi connectivity index (χ2n) is 7.71. The molecule has 1 aliphatic heterocycles. The van der Waals surface area contributed by atoms with Crippen molar-refractivity contribution in [2.45, 2.75) is 31.1 Å². The van der Waals surface area contributed by atoms with E-state index in [9.17, 15) is 9.18 Å². The molecule has 3 aromatic rings. The SMILES string of the molecule is O=C1[C@H](Cc2ccc(OCc3ccc(F)cc3)cc2)SC(=S)N1CCCc1ccccc1. The fourth-order valence-corrected chi connectivity index (χ4v) is 5.18. The largest absolute Gasteiger partial charge is 0.489 e. The van der Waals surface area contributed by atoms with Crippen LogP contribution in [0.1, 0.15) is 23.1 Å². The molecule has 1 aliphatic rings. The second-order valence-corrected chi connectivity index (χ2v) is 9.55. The van der Waals surface area contributed by atoms with Crippen LogP contribution in [-0.2, 0) is 24.2 Å². The van der Waals surface area contributed by atoms with Gasteiger partial charge in [0.1, 0.15) is 22.5 Å². The highest BCUT2D eigenvalue weighted by atomic mass is 32.2. The van der Waals surface area contributed by atoms with Crippen LogP contribution >= 0.6 is 24.0 Å². The third kappa shape index (κ3) is 5.96. The maximum atomic E-state index is 13.0. The van der Waals surface area contributed by atoms with Crippen molar-refractivity contribution in [1.82, 2.24) is 4.90 Å². The highest BCUT2D eigenvalue weighted by molar-refractivity contribution is 8.24. The van der Waals surface area contributed by atoms with E-state index in [1.165, 1.54) is 29.5 Å². The van der Waals surface area contributed by atoms with Crippen LogP contribution in [0.3, 0.4) is 0 Å². The van der Waals surface area contributed by atoms with E-state index in [-0.39, 0.29) is 17.0 Å². The summed E-state index contributed by atoms with van der Waals surface area (Å²) >= 11 is 6.96. The van der Waals surface area contributed by atoms with Crippen LogP contribution < -0.4 is 4.74 Å². The Morgan fingerprint density at radius 3 is 2.31 bits per heavy atom. The van der Waals surface area contributed by atoms with Gasteiger partial charge in [0.25, 0.3) is 0 Å². The number of hydrogen-bond acceptors (Lipinski definition) is 4. The Hall–Kier alpha value is -2.70. The molecular weight excluding hydrogens is 441 g/mol. The van der Waals surface area contributed by atoms with Crippen molar-refractivity contribution in [1.29, 1.82) is 0 Å². The summed E-state index contributed by atoms with van der Waals surface area (Å²) in [5.41, 5.74) is 3.25. The molecule has 0 aromatic heterocycles. The van der Waals surface area contributed by atoms with Gasteiger partial charge >= 0.3 is 0 Å². The molecule has 0 bridgehead atoms. The minimum absolute atomic E-state index is 0.102. The van der Waals surface area contributed by atoms with Crippen molar-refractivity contribution in [3.63, 3.8) is 0 Å². The Bertz CT molecular complexity index is 1060. The summed E-state index contributed by atoms with van der Waals surface area (Å²) in [6.45, 7) is 1.04. The van der Waals surface area contributed by atoms with Gasteiger partial charge in [-0.15, -0.1) is 0 Å². The topological polar surface area (TPSA) is 29.5 Å². The first-order chi connectivity index (χ1) is 15.6. The van der Waals surface area contributed by atoms with E-state index in [2.05, 4.69) is 12.1 Å². The molecular formula is C26H24FNO2S2. The van der Waals surface area contributed by atoms with Gasteiger partial charge in [0.15, 0.2) is 0 Å². The molecule has 0 radical (unpaired) electrons. The summed E-state index contributed by atoms with van der Waals surface area (Å²) in [5.74, 6) is 0.581. The van der Waals surface area contributed by atoms with Crippen LogP contribution in [0.2, 0.25) is 0 Å². The van der Waals surface area contributed by atoms with Crippen LogP contribution in [0.4, 0.5) is 4.39 Å².